The van der Waals surface area contributed by atoms with Gasteiger partial charge in [-0.05, 0) is 37.5 Å². The summed E-state index contributed by atoms with van der Waals surface area (Å²) in [5.74, 6) is 1.16. The number of hydrogen-bond donors (Lipinski definition) is 3. The van der Waals surface area contributed by atoms with Crippen LogP contribution in [-0.4, -0.2) is 36.7 Å². The van der Waals surface area contributed by atoms with Crippen LogP contribution in [0.1, 0.15) is 36.9 Å². The molecule has 9 heteroatoms. The zero-order valence-electron chi connectivity index (χ0n) is 16.0. The van der Waals surface area contributed by atoms with E-state index in [1.807, 2.05) is 36.1 Å². The van der Waals surface area contributed by atoms with E-state index in [1.54, 1.807) is 6.33 Å². The Labute approximate surface area is 166 Å². The van der Waals surface area contributed by atoms with Gasteiger partial charge in [0.25, 0.3) is 0 Å². The van der Waals surface area contributed by atoms with E-state index >= 15 is 0 Å². The first kappa shape index (κ1) is 17.6. The number of nitrogens with one attached hydrogen (secondary N) is 3. The monoisotopic (exact) mass is 392 g/mol. The fourth-order valence-electron chi connectivity index (χ4n) is 3.34. The van der Waals surface area contributed by atoms with Crippen LogP contribution in [0.15, 0.2) is 36.8 Å². The summed E-state index contributed by atoms with van der Waals surface area (Å²) in [6.07, 6.45) is 5.21. The van der Waals surface area contributed by atoms with Crippen molar-refractivity contribution in [2.75, 3.05) is 16.8 Å². The average Bonchev–Trinajstić information content (AvgIpc) is 3.29. The minimum absolute atomic E-state index is 0.116. The maximum atomic E-state index is 14.3. The molecule has 0 radical (unpaired) electrons. The van der Waals surface area contributed by atoms with Crippen molar-refractivity contribution in [1.82, 2.24) is 30.1 Å². The number of rotatable bonds is 7. The van der Waals surface area contributed by atoms with Gasteiger partial charge in [0.1, 0.15) is 0 Å². The number of aromatic nitrogens is 6. The van der Waals surface area contributed by atoms with E-state index in [9.17, 15) is 4.39 Å². The lowest BCUT2D eigenvalue weighted by Gasteiger charge is -2.21. The molecule has 0 amide bonds. The Morgan fingerprint density at radius 2 is 2.14 bits per heavy atom. The van der Waals surface area contributed by atoms with Crippen molar-refractivity contribution in [3.05, 3.63) is 53.9 Å². The Kier molecular flexibility index (Phi) is 4.34. The molecule has 5 rings (SSSR count). The van der Waals surface area contributed by atoms with Gasteiger partial charge in [0, 0.05) is 30.8 Å². The maximum absolute atomic E-state index is 14.3. The van der Waals surface area contributed by atoms with Crippen LogP contribution in [0.5, 0.6) is 0 Å². The number of imidazole rings is 1. The fraction of sp³-hybridized carbons (Fsp3) is 0.300. The van der Waals surface area contributed by atoms with Gasteiger partial charge in [0.15, 0.2) is 17.5 Å². The zero-order valence-corrected chi connectivity index (χ0v) is 16.0. The molecule has 0 aliphatic heterocycles. The van der Waals surface area contributed by atoms with Crippen molar-refractivity contribution in [2.24, 2.45) is 0 Å². The Morgan fingerprint density at radius 1 is 1.24 bits per heavy atom. The van der Waals surface area contributed by atoms with Gasteiger partial charge in [-0.25, -0.2) is 14.4 Å². The van der Waals surface area contributed by atoms with E-state index in [2.05, 4.69) is 35.5 Å². The number of nitrogens with zero attached hydrogens (tertiary/aromatic N) is 5. The lowest BCUT2D eigenvalue weighted by molar-refractivity contribution is 0.616. The highest BCUT2D eigenvalue weighted by Crippen LogP contribution is 2.39. The number of halogens is 1. The summed E-state index contributed by atoms with van der Waals surface area (Å²) in [5.41, 5.74) is 4.05. The molecule has 1 saturated carbocycles. The van der Waals surface area contributed by atoms with Gasteiger partial charge in [-0.2, -0.15) is 10.1 Å². The minimum Gasteiger partial charge on any atom is -0.345 e. The van der Waals surface area contributed by atoms with Gasteiger partial charge >= 0.3 is 0 Å². The summed E-state index contributed by atoms with van der Waals surface area (Å²) in [6, 6.07) is 7.98. The molecule has 1 fully saturated rings. The molecule has 1 aromatic carbocycles. The molecule has 1 aliphatic carbocycles. The Bertz CT molecular complexity index is 1150. The quantitative estimate of drug-likeness (QED) is 0.442. The van der Waals surface area contributed by atoms with Gasteiger partial charge < -0.3 is 15.2 Å². The van der Waals surface area contributed by atoms with Crippen LogP contribution < -0.4 is 10.2 Å². The van der Waals surface area contributed by atoms with Crippen molar-refractivity contribution in [3.63, 3.8) is 0 Å². The highest BCUT2D eigenvalue weighted by molar-refractivity contribution is 5.75. The summed E-state index contributed by atoms with van der Waals surface area (Å²) >= 11 is 0. The largest absolute Gasteiger partial charge is 0.345 e. The molecule has 3 heterocycles. The van der Waals surface area contributed by atoms with Gasteiger partial charge in [-0.15, -0.1) is 0 Å². The van der Waals surface area contributed by atoms with E-state index in [1.165, 1.54) is 19.0 Å². The van der Waals surface area contributed by atoms with Gasteiger partial charge in [-0.1, -0.05) is 6.07 Å². The number of H-pyrrole nitrogens is 2. The molecular formula is C20H21FN8. The Hall–Kier alpha value is -3.49. The lowest BCUT2D eigenvalue weighted by atomic mass is 10.2. The fourth-order valence-corrected chi connectivity index (χ4v) is 3.34. The first-order valence-corrected chi connectivity index (χ1v) is 9.71. The van der Waals surface area contributed by atoms with Gasteiger partial charge in [0.2, 0.25) is 5.95 Å². The Morgan fingerprint density at radius 3 is 2.97 bits per heavy atom. The molecule has 0 spiro atoms. The van der Waals surface area contributed by atoms with E-state index in [-0.39, 0.29) is 5.82 Å². The second-order valence-electron chi connectivity index (χ2n) is 7.24. The van der Waals surface area contributed by atoms with Crippen LogP contribution in [0, 0.1) is 5.82 Å². The second-order valence-corrected chi connectivity index (χ2v) is 7.24. The van der Waals surface area contributed by atoms with Crippen molar-refractivity contribution in [2.45, 2.75) is 32.2 Å². The smallest absolute Gasteiger partial charge is 0.227 e. The summed E-state index contributed by atoms with van der Waals surface area (Å²) < 4.78 is 14.3. The molecule has 8 nitrogen and oxygen atoms in total. The summed E-state index contributed by atoms with van der Waals surface area (Å²) in [5, 5.41) is 10.2. The molecule has 1 aliphatic rings. The molecule has 3 N–H and O–H groups in total. The van der Waals surface area contributed by atoms with Crippen molar-refractivity contribution in [1.29, 1.82) is 0 Å². The third-order valence-corrected chi connectivity index (χ3v) is 5.12. The molecule has 4 aromatic rings. The molecule has 148 valence electrons. The van der Waals surface area contributed by atoms with Gasteiger partial charge in [-0.3, -0.25) is 5.10 Å². The topological polar surface area (TPSA) is 98.4 Å². The molecular weight excluding hydrogens is 371 g/mol. The lowest BCUT2D eigenvalue weighted by Crippen LogP contribution is -2.24. The van der Waals surface area contributed by atoms with Crippen molar-refractivity contribution < 1.29 is 4.39 Å². The normalized spacial score (nSPS) is 13.7. The summed E-state index contributed by atoms with van der Waals surface area (Å²) in [4.78, 5) is 18.0. The molecule has 0 bridgehead atoms. The third-order valence-electron chi connectivity index (χ3n) is 5.12. The van der Waals surface area contributed by atoms with Crippen LogP contribution >= 0.6 is 0 Å². The maximum Gasteiger partial charge on any atom is 0.227 e. The van der Waals surface area contributed by atoms with Crippen molar-refractivity contribution >= 4 is 28.6 Å². The first-order chi connectivity index (χ1) is 14.2. The SMILES string of the molecule is CCN(Cc1ccc2[nH]cnc2c1)c1ncc(F)c(Nc2cc(C3CC3)[nH]n2)n1. The highest BCUT2D eigenvalue weighted by Gasteiger charge is 2.25. The standard InChI is InChI=1S/C20H21FN8/c1-2-29(10-12-3-6-15-17(7-12)24-11-23-15)20-22-9-14(21)19(26-20)25-18-8-16(27-28-18)13-4-5-13/h3,6-9,11,13H,2,4-5,10H2,1H3,(H,23,24)(H2,22,25,26,27,28). The average molecular weight is 392 g/mol. The molecule has 0 saturated heterocycles. The van der Waals surface area contributed by atoms with E-state index in [4.69, 9.17) is 0 Å². The minimum atomic E-state index is -0.515. The first-order valence-electron chi connectivity index (χ1n) is 9.71. The molecule has 0 atom stereocenters. The van der Waals surface area contributed by atoms with Crippen LogP contribution in [-0.2, 0) is 6.54 Å². The van der Waals surface area contributed by atoms with Crippen LogP contribution in [0.25, 0.3) is 11.0 Å². The van der Waals surface area contributed by atoms with Crippen LogP contribution in [0.4, 0.5) is 22.0 Å². The molecule has 0 unspecified atom stereocenters. The predicted octanol–water partition coefficient (Wildman–Crippen LogP) is 3.86. The number of anilines is 3. The van der Waals surface area contributed by atoms with E-state index < -0.39 is 5.82 Å². The number of fused-ring (bicyclic) bond motifs is 1. The third kappa shape index (κ3) is 3.63. The predicted molar refractivity (Wildman–Crippen MR) is 109 cm³/mol. The Balaban J connectivity index is 1.37. The van der Waals surface area contributed by atoms with Crippen LogP contribution in [0.2, 0.25) is 0 Å². The highest BCUT2D eigenvalue weighted by atomic mass is 19.1. The molecule has 3 aromatic heterocycles. The number of benzene rings is 1. The van der Waals surface area contributed by atoms with E-state index in [0.717, 1.165) is 22.3 Å². The number of aromatic amines is 2. The van der Waals surface area contributed by atoms with Crippen molar-refractivity contribution in [3.8, 4) is 0 Å². The van der Waals surface area contributed by atoms with E-state index in [0.29, 0.717) is 30.8 Å². The summed E-state index contributed by atoms with van der Waals surface area (Å²) in [6.45, 7) is 3.29. The molecule has 29 heavy (non-hydrogen) atoms. The summed E-state index contributed by atoms with van der Waals surface area (Å²) in [7, 11) is 0. The zero-order chi connectivity index (χ0) is 19.8. The second kappa shape index (κ2) is 7.16. The number of hydrogen-bond acceptors (Lipinski definition) is 6. The van der Waals surface area contributed by atoms with Gasteiger partial charge in [0.05, 0.1) is 23.6 Å². The van der Waals surface area contributed by atoms with Crippen LogP contribution in [0.3, 0.4) is 0 Å².